The Labute approximate surface area is 122 Å². The van der Waals surface area contributed by atoms with E-state index in [9.17, 15) is 22.8 Å². The van der Waals surface area contributed by atoms with E-state index in [2.05, 4.69) is 9.73 Å². The van der Waals surface area contributed by atoms with Crippen LogP contribution < -0.4 is 15.7 Å². The molecule has 0 aliphatic carbocycles. The van der Waals surface area contributed by atoms with Crippen LogP contribution >= 0.6 is 0 Å². The predicted molar refractivity (Wildman–Crippen MR) is 70.9 cm³/mol. The van der Waals surface area contributed by atoms with Crippen molar-refractivity contribution >= 4 is 11.6 Å². The number of carbonyl (C=O) groups excluding carboxylic acids is 1. The zero-order valence-corrected chi connectivity index (χ0v) is 11.2. The summed E-state index contributed by atoms with van der Waals surface area (Å²) in [6, 6.07) is 7.37. The van der Waals surface area contributed by atoms with E-state index in [0.717, 1.165) is 6.07 Å². The van der Waals surface area contributed by atoms with E-state index in [1.165, 1.54) is 31.4 Å². The van der Waals surface area contributed by atoms with Gasteiger partial charge in [0.1, 0.15) is 11.4 Å². The van der Waals surface area contributed by atoms with E-state index in [1.807, 2.05) is 0 Å². The molecular weight excluding hydrogens is 303 g/mol. The van der Waals surface area contributed by atoms with Gasteiger partial charge in [0.15, 0.2) is 0 Å². The second kappa shape index (κ2) is 5.92. The van der Waals surface area contributed by atoms with Gasteiger partial charge in [0, 0.05) is 5.56 Å². The van der Waals surface area contributed by atoms with E-state index in [4.69, 9.17) is 4.74 Å². The van der Waals surface area contributed by atoms with Crippen molar-refractivity contribution in [3.05, 3.63) is 58.1 Å². The lowest BCUT2D eigenvalue weighted by Gasteiger charge is -2.07. The Balaban J connectivity index is 2.19. The van der Waals surface area contributed by atoms with Crippen LogP contribution in [0.25, 0.3) is 0 Å². The molecule has 2 rings (SSSR count). The lowest BCUT2D eigenvalue weighted by atomic mass is 10.2. The molecule has 0 saturated carbocycles. The minimum absolute atomic E-state index is 0.208. The third-order valence-electron chi connectivity index (χ3n) is 2.70. The van der Waals surface area contributed by atoms with Crippen LogP contribution in [0.4, 0.5) is 18.9 Å². The molecule has 0 aliphatic heterocycles. The van der Waals surface area contributed by atoms with Crippen molar-refractivity contribution in [3.63, 3.8) is 0 Å². The lowest BCUT2D eigenvalue weighted by Crippen LogP contribution is -2.19. The number of ether oxygens (including phenoxy) is 1. The summed E-state index contributed by atoms with van der Waals surface area (Å²) >= 11 is 0. The highest BCUT2D eigenvalue weighted by Gasteiger charge is 2.34. The highest BCUT2D eigenvalue weighted by Crippen LogP contribution is 2.28. The van der Waals surface area contributed by atoms with Crippen molar-refractivity contribution < 1.29 is 27.1 Å². The predicted octanol–water partition coefficient (Wildman–Crippen LogP) is 2.92. The van der Waals surface area contributed by atoms with Crippen molar-refractivity contribution in [1.29, 1.82) is 0 Å². The van der Waals surface area contributed by atoms with Crippen LogP contribution in [0.5, 0.6) is 5.75 Å². The number of hydrogen-bond donors (Lipinski definition) is 1. The van der Waals surface area contributed by atoms with Gasteiger partial charge >= 0.3 is 11.8 Å². The number of methoxy groups -OCH3 is 1. The van der Waals surface area contributed by atoms with E-state index in [0.29, 0.717) is 11.8 Å². The summed E-state index contributed by atoms with van der Waals surface area (Å²) in [5, 5.41) is 2.19. The van der Waals surface area contributed by atoms with Gasteiger partial charge in [-0.3, -0.25) is 4.79 Å². The van der Waals surface area contributed by atoms with Crippen LogP contribution in [0, 0.1) is 0 Å². The Kier molecular flexibility index (Phi) is 4.20. The van der Waals surface area contributed by atoms with Gasteiger partial charge in [0.25, 0.3) is 5.91 Å². The first kappa shape index (κ1) is 15.6. The van der Waals surface area contributed by atoms with Crippen LogP contribution in [-0.2, 0) is 6.18 Å². The number of carbonyl (C=O) groups is 1. The molecule has 0 atom stereocenters. The van der Waals surface area contributed by atoms with E-state index >= 15 is 0 Å². The fourth-order valence-electron chi connectivity index (χ4n) is 1.60. The Morgan fingerprint density at radius 3 is 2.27 bits per heavy atom. The molecule has 1 N–H and O–H groups in total. The number of anilines is 1. The maximum atomic E-state index is 12.4. The smallest absolute Gasteiger partial charge is 0.449 e. The molecule has 0 aliphatic rings. The first-order chi connectivity index (χ1) is 10.3. The molecule has 0 unspecified atom stereocenters. The van der Waals surface area contributed by atoms with Gasteiger partial charge < -0.3 is 14.5 Å². The minimum Gasteiger partial charge on any atom is -0.497 e. The van der Waals surface area contributed by atoms with Crippen LogP contribution in [0.3, 0.4) is 0 Å². The summed E-state index contributed by atoms with van der Waals surface area (Å²) in [6.07, 6.45) is -4.77. The number of halogens is 3. The normalized spacial score (nSPS) is 11.1. The molecule has 1 aromatic carbocycles. The monoisotopic (exact) mass is 313 g/mol. The molecule has 0 fully saturated rings. The summed E-state index contributed by atoms with van der Waals surface area (Å²) in [5.74, 6) is -1.56. The molecule has 1 heterocycles. The Morgan fingerprint density at radius 2 is 1.77 bits per heavy atom. The lowest BCUT2D eigenvalue weighted by molar-refractivity contribution is -0.154. The molecule has 1 aromatic heterocycles. The first-order valence-corrected chi connectivity index (χ1v) is 5.98. The standard InChI is InChI=1S/C14H10F3NO4/c1-21-9-4-2-8(3-5-9)12(19)18-10-6-7-11(14(15,16)17)22-13(10)20/h2-7H,1H3,(H,18,19). The summed E-state index contributed by atoms with van der Waals surface area (Å²) in [5.41, 5.74) is -1.45. The number of hydrogen-bond acceptors (Lipinski definition) is 4. The van der Waals surface area contributed by atoms with Crippen LogP contribution in [0.15, 0.2) is 45.6 Å². The van der Waals surface area contributed by atoms with E-state index in [1.54, 1.807) is 0 Å². The number of alkyl halides is 3. The molecule has 0 bridgehead atoms. The van der Waals surface area contributed by atoms with Crippen molar-refractivity contribution in [2.45, 2.75) is 6.18 Å². The van der Waals surface area contributed by atoms with Gasteiger partial charge in [-0.15, -0.1) is 0 Å². The molecular formula is C14H10F3NO4. The second-order valence-corrected chi connectivity index (χ2v) is 4.18. The van der Waals surface area contributed by atoms with Gasteiger partial charge in [0.2, 0.25) is 5.76 Å². The fourth-order valence-corrected chi connectivity index (χ4v) is 1.60. The number of rotatable bonds is 3. The van der Waals surface area contributed by atoms with Crippen LogP contribution in [0.1, 0.15) is 16.1 Å². The van der Waals surface area contributed by atoms with Gasteiger partial charge in [-0.05, 0) is 36.4 Å². The highest BCUT2D eigenvalue weighted by atomic mass is 19.4. The van der Waals surface area contributed by atoms with E-state index in [-0.39, 0.29) is 11.3 Å². The molecule has 5 nitrogen and oxygen atoms in total. The van der Waals surface area contributed by atoms with Crippen molar-refractivity contribution in [2.24, 2.45) is 0 Å². The quantitative estimate of drug-likeness (QED) is 0.946. The summed E-state index contributed by atoms with van der Waals surface area (Å²) in [7, 11) is 1.46. The average Bonchev–Trinajstić information content (AvgIpc) is 2.48. The maximum absolute atomic E-state index is 12.4. The Bertz CT molecular complexity index is 735. The molecule has 2 aromatic rings. The van der Waals surface area contributed by atoms with Crippen LogP contribution in [-0.4, -0.2) is 13.0 Å². The van der Waals surface area contributed by atoms with Gasteiger partial charge in [-0.1, -0.05) is 0 Å². The molecule has 116 valence electrons. The fraction of sp³-hybridized carbons (Fsp3) is 0.143. The van der Waals surface area contributed by atoms with Gasteiger partial charge in [-0.25, -0.2) is 4.79 Å². The number of amides is 1. The van der Waals surface area contributed by atoms with Crippen molar-refractivity contribution in [2.75, 3.05) is 12.4 Å². The zero-order chi connectivity index (χ0) is 16.3. The van der Waals surface area contributed by atoms with Gasteiger partial charge in [0.05, 0.1) is 7.11 Å². The SMILES string of the molecule is COc1ccc(C(=O)Nc2ccc(C(F)(F)F)oc2=O)cc1. The second-order valence-electron chi connectivity index (χ2n) is 4.18. The molecule has 0 spiro atoms. The van der Waals surface area contributed by atoms with Crippen LogP contribution in [0.2, 0.25) is 0 Å². The van der Waals surface area contributed by atoms with Gasteiger partial charge in [-0.2, -0.15) is 13.2 Å². The maximum Gasteiger partial charge on any atom is 0.449 e. The molecule has 1 amide bonds. The van der Waals surface area contributed by atoms with E-state index < -0.39 is 23.5 Å². The minimum atomic E-state index is -4.77. The highest BCUT2D eigenvalue weighted by molar-refractivity contribution is 6.04. The molecule has 0 radical (unpaired) electrons. The third kappa shape index (κ3) is 3.46. The van der Waals surface area contributed by atoms with Crippen molar-refractivity contribution in [3.8, 4) is 5.75 Å². The molecule has 8 heteroatoms. The average molecular weight is 313 g/mol. The summed E-state index contributed by atoms with van der Waals surface area (Å²) in [6.45, 7) is 0. The Hall–Kier alpha value is -2.77. The first-order valence-electron chi connectivity index (χ1n) is 5.98. The molecule has 0 saturated heterocycles. The summed E-state index contributed by atoms with van der Waals surface area (Å²) in [4.78, 5) is 23.3. The summed E-state index contributed by atoms with van der Waals surface area (Å²) < 4.78 is 46.2. The largest absolute Gasteiger partial charge is 0.497 e. The zero-order valence-electron chi connectivity index (χ0n) is 11.2. The Morgan fingerprint density at radius 1 is 1.14 bits per heavy atom. The number of benzene rings is 1. The topological polar surface area (TPSA) is 68.5 Å². The number of nitrogens with one attached hydrogen (secondary N) is 1. The third-order valence-corrected chi connectivity index (χ3v) is 2.70. The van der Waals surface area contributed by atoms with Crippen molar-refractivity contribution in [1.82, 2.24) is 0 Å². The molecule has 22 heavy (non-hydrogen) atoms.